The quantitative estimate of drug-likeness (QED) is 0.517. The summed E-state index contributed by atoms with van der Waals surface area (Å²) >= 11 is 7.43. The molecule has 0 aliphatic heterocycles. The molecule has 23 heavy (non-hydrogen) atoms. The number of halogens is 1. The number of nitrogens with zero attached hydrogens (tertiary/aromatic N) is 2. The van der Waals surface area contributed by atoms with Crippen LogP contribution in [0.2, 0.25) is 5.02 Å². The summed E-state index contributed by atoms with van der Waals surface area (Å²) in [5, 5.41) is 1.42. The molecule has 4 nitrogen and oxygen atoms in total. The van der Waals surface area contributed by atoms with Crippen LogP contribution < -0.4 is 0 Å². The van der Waals surface area contributed by atoms with Crippen molar-refractivity contribution in [3.63, 3.8) is 0 Å². The van der Waals surface area contributed by atoms with Gasteiger partial charge in [-0.2, -0.15) is 0 Å². The minimum absolute atomic E-state index is 0.225. The largest absolute Gasteiger partial charge is 0.468 e. The van der Waals surface area contributed by atoms with Gasteiger partial charge in [0.25, 0.3) is 0 Å². The Labute approximate surface area is 143 Å². The summed E-state index contributed by atoms with van der Waals surface area (Å²) in [5.74, 6) is -0.0474. The van der Waals surface area contributed by atoms with Crippen LogP contribution in [0.4, 0.5) is 0 Å². The fourth-order valence-electron chi connectivity index (χ4n) is 2.29. The number of carbonyl (C=O) groups is 1. The number of fused-ring (bicyclic) bond motifs is 1. The number of hydrogen-bond donors (Lipinski definition) is 0. The molecule has 0 aliphatic carbocycles. The summed E-state index contributed by atoms with van der Waals surface area (Å²) in [7, 11) is 1.38. The Kier molecular flexibility index (Phi) is 4.88. The first-order chi connectivity index (χ1) is 11.2. The highest BCUT2D eigenvalue weighted by atomic mass is 35.5. The van der Waals surface area contributed by atoms with Gasteiger partial charge in [-0.3, -0.25) is 4.79 Å². The molecular weight excluding hydrogens is 332 g/mol. The number of methoxy groups -OCH3 is 1. The number of benzene rings is 2. The van der Waals surface area contributed by atoms with E-state index >= 15 is 0 Å². The van der Waals surface area contributed by atoms with Gasteiger partial charge in [0.2, 0.25) is 0 Å². The predicted octanol–water partition coefficient (Wildman–Crippen LogP) is 4.00. The van der Waals surface area contributed by atoms with Gasteiger partial charge >= 0.3 is 5.97 Å². The highest BCUT2D eigenvalue weighted by molar-refractivity contribution is 7.99. The van der Waals surface area contributed by atoms with E-state index in [1.807, 2.05) is 36.4 Å². The molecular formula is C17H15ClN2O2S. The molecule has 0 unspecified atom stereocenters. The van der Waals surface area contributed by atoms with E-state index in [9.17, 15) is 4.79 Å². The normalized spacial score (nSPS) is 10.9. The smallest absolute Gasteiger partial charge is 0.316 e. The molecule has 118 valence electrons. The zero-order valence-electron chi connectivity index (χ0n) is 12.5. The second kappa shape index (κ2) is 7.06. The Hall–Kier alpha value is -1.98. The molecule has 0 bridgehead atoms. The maximum Gasteiger partial charge on any atom is 0.316 e. The van der Waals surface area contributed by atoms with Gasteiger partial charge in [-0.1, -0.05) is 53.7 Å². The maximum absolute atomic E-state index is 11.4. The van der Waals surface area contributed by atoms with Crippen molar-refractivity contribution in [2.45, 2.75) is 11.7 Å². The Morgan fingerprint density at radius 3 is 2.78 bits per heavy atom. The first-order valence-electron chi connectivity index (χ1n) is 7.06. The van der Waals surface area contributed by atoms with E-state index in [0.717, 1.165) is 16.2 Å². The van der Waals surface area contributed by atoms with Gasteiger partial charge in [-0.05, 0) is 23.8 Å². The van der Waals surface area contributed by atoms with E-state index in [2.05, 4.69) is 21.7 Å². The molecule has 1 heterocycles. The molecule has 3 rings (SSSR count). The molecule has 0 spiro atoms. The third kappa shape index (κ3) is 3.68. The SMILES string of the molecule is COC(=O)CSc1nc2cc(Cl)ccc2n1Cc1ccccc1. The number of esters is 1. The van der Waals surface area contributed by atoms with Crippen LogP contribution in [0, 0.1) is 0 Å². The maximum atomic E-state index is 11.4. The number of hydrogen-bond acceptors (Lipinski definition) is 4. The number of aromatic nitrogens is 2. The number of rotatable bonds is 5. The third-order valence-corrected chi connectivity index (χ3v) is 4.59. The average Bonchev–Trinajstić information content (AvgIpc) is 2.90. The van der Waals surface area contributed by atoms with Gasteiger partial charge in [0, 0.05) is 5.02 Å². The number of imidazole rings is 1. The highest BCUT2D eigenvalue weighted by Gasteiger charge is 2.14. The van der Waals surface area contributed by atoms with E-state index in [0.29, 0.717) is 11.6 Å². The summed E-state index contributed by atoms with van der Waals surface area (Å²) in [6.07, 6.45) is 0. The minimum atomic E-state index is -0.272. The highest BCUT2D eigenvalue weighted by Crippen LogP contribution is 2.27. The van der Waals surface area contributed by atoms with Crippen molar-refractivity contribution < 1.29 is 9.53 Å². The van der Waals surface area contributed by atoms with E-state index < -0.39 is 0 Å². The predicted molar refractivity (Wildman–Crippen MR) is 93.0 cm³/mol. The van der Waals surface area contributed by atoms with Gasteiger partial charge in [0.1, 0.15) is 0 Å². The number of carbonyl (C=O) groups excluding carboxylic acids is 1. The lowest BCUT2D eigenvalue weighted by Gasteiger charge is -2.08. The van der Waals surface area contributed by atoms with Crippen molar-refractivity contribution in [3.05, 3.63) is 59.1 Å². The number of thioether (sulfide) groups is 1. The molecule has 0 aliphatic rings. The van der Waals surface area contributed by atoms with E-state index in [1.165, 1.54) is 24.4 Å². The fourth-order valence-corrected chi connectivity index (χ4v) is 3.30. The number of ether oxygens (including phenoxy) is 1. The molecule has 0 N–H and O–H groups in total. The second-order valence-electron chi connectivity index (χ2n) is 4.96. The van der Waals surface area contributed by atoms with Crippen LogP contribution in [0.3, 0.4) is 0 Å². The zero-order chi connectivity index (χ0) is 16.2. The summed E-state index contributed by atoms with van der Waals surface area (Å²) in [6, 6.07) is 15.8. The average molecular weight is 347 g/mol. The lowest BCUT2D eigenvalue weighted by molar-refractivity contribution is -0.137. The zero-order valence-corrected chi connectivity index (χ0v) is 14.1. The van der Waals surface area contributed by atoms with Crippen LogP contribution in [0.1, 0.15) is 5.56 Å². The summed E-state index contributed by atoms with van der Waals surface area (Å²) in [4.78, 5) is 16.0. The van der Waals surface area contributed by atoms with Crippen molar-refractivity contribution in [2.24, 2.45) is 0 Å². The standard InChI is InChI=1S/C17H15ClN2O2S/c1-22-16(21)11-23-17-19-14-9-13(18)7-8-15(14)20(17)10-12-5-3-2-4-6-12/h2-9H,10-11H2,1H3. The second-order valence-corrected chi connectivity index (χ2v) is 6.34. The van der Waals surface area contributed by atoms with Gasteiger partial charge in [0.15, 0.2) is 5.16 Å². The van der Waals surface area contributed by atoms with Crippen LogP contribution in [0.25, 0.3) is 11.0 Å². The van der Waals surface area contributed by atoms with Gasteiger partial charge in [-0.15, -0.1) is 0 Å². The van der Waals surface area contributed by atoms with E-state index in [-0.39, 0.29) is 11.7 Å². The van der Waals surface area contributed by atoms with Crippen molar-refractivity contribution in [1.29, 1.82) is 0 Å². The fraction of sp³-hybridized carbons (Fsp3) is 0.176. The molecule has 2 aromatic carbocycles. The Morgan fingerprint density at radius 1 is 1.26 bits per heavy atom. The van der Waals surface area contributed by atoms with Crippen LogP contribution >= 0.6 is 23.4 Å². The van der Waals surface area contributed by atoms with Gasteiger partial charge in [0.05, 0.1) is 30.4 Å². The third-order valence-electron chi connectivity index (χ3n) is 3.41. The molecule has 0 saturated heterocycles. The lowest BCUT2D eigenvalue weighted by Crippen LogP contribution is -2.06. The summed E-state index contributed by atoms with van der Waals surface area (Å²) in [5.41, 5.74) is 2.98. The Bertz CT molecular complexity index is 833. The first kappa shape index (κ1) is 15.9. The molecule has 3 aromatic rings. The molecule has 0 radical (unpaired) electrons. The molecule has 0 saturated carbocycles. The first-order valence-corrected chi connectivity index (χ1v) is 8.43. The van der Waals surface area contributed by atoms with Crippen molar-refractivity contribution in [3.8, 4) is 0 Å². The summed E-state index contributed by atoms with van der Waals surface area (Å²) in [6.45, 7) is 0.683. The van der Waals surface area contributed by atoms with Crippen LogP contribution in [0.15, 0.2) is 53.7 Å². The van der Waals surface area contributed by atoms with E-state index in [1.54, 1.807) is 0 Å². The van der Waals surface area contributed by atoms with Crippen LogP contribution in [-0.4, -0.2) is 28.4 Å². The van der Waals surface area contributed by atoms with Crippen molar-refractivity contribution in [2.75, 3.05) is 12.9 Å². The molecule has 0 fully saturated rings. The van der Waals surface area contributed by atoms with Crippen molar-refractivity contribution >= 4 is 40.4 Å². The van der Waals surface area contributed by atoms with Crippen LogP contribution in [-0.2, 0) is 16.1 Å². The van der Waals surface area contributed by atoms with Crippen LogP contribution in [0.5, 0.6) is 0 Å². The molecule has 1 aromatic heterocycles. The topological polar surface area (TPSA) is 44.1 Å². The molecule has 0 atom stereocenters. The summed E-state index contributed by atoms with van der Waals surface area (Å²) < 4.78 is 6.80. The molecule has 0 amide bonds. The Morgan fingerprint density at radius 2 is 2.04 bits per heavy atom. The molecule has 6 heteroatoms. The van der Waals surface area contributed by atoms with Gasteiger partial charge in [-0.25, -0.2) is 4.98 Å². The monoisotopic (exact) mass is 346 g/mol. The Balaban J connectivity index is 1.99. The minimum Gasteiger partial charge on any atom is -0.468 e. The van der Waals surface area contributed by atoms with Gasteiger partial charge < -0.3 is 9.30 Å². The van der Waals surface area contributed by atoms with E-state index in [4.69, 9.17) is 16.3 Å². The lowest BCUT2D eigenvalue weighted by atomic mass is 10.2. The van der Waals surface area contributed by atoms with Crippen molar-refractivity contribution in [1.82, 2.24) is 9.55 Å².